The summed E-state index contributed by atoms with van der Waals surface area (Å²) in [7, 11) is -3.94. The van der Waals surface area contributed by atoms with Gasteiger partial charge in [0.15, 0.2) is 0 Å². The van der Waals surface area contributed by atoms with E-state index in [2.05, 4.69) is 0 Å². The third-order valence-corrected chi connectivity index (χ3v) is 7.06. The summed E-state index contributed by atoms with van der Waals surface area (Å²) < 4.78 is 53.6. The van der Waals surface area contributed by atoms with Crippen molar-refractivity contribution in [2.24, 2.45) is 0 Å². The van der Waals surface area contributed by atoms with E-state index >= 15 is 0 Å². The second-order valence-corrected chi connectivity index (χ2v) is 8.56. The molecular weight excluding hydrogens is 421 g/mol. The van der Waals surface area contributed by atoms with E-state index in [4.69, 9.17) is 23.2 Å². The van der Waals surface area contributed by atoms with Gasteiger partial charge in [-0.1, -0.05) is 29.3 Å². The van der Waals surface area contributed by atoms with E-state index < -0.39 is 27.6 Å². The Balaban J connectivity index is 1.76. The molecule has 0 unspecified atom stereocenters. The zero-order chi connectivity index (χ0) is 19.8. The van der Waals surface area contributed by atoms with E-state index in [9.17, 15) is 22.0 Å². The molecule has 3 rings (SSSR count). The highest BCUT2D eigenvalue weighted by molar-refractivity contribution is 7.89. The molecule has 0 atom stereocenters. The monoisotopic (exact) mass is 434 g/mol. The predicted molar refractivity (Wildman–Crippen MR) is 97.5 cm³/mol. The molecule has 27 heavy (non-hydrogen) atoms. The van der Waals surface area contributed by atoms with Crippen molar-refractivity contribution >= 4 is 39.1 Å². The van der Waals surface area contributed by atoms with Crippen LogP contribution in [0.25, 0.3) is 0 Å². The molecule has 2 aromatic rings. The molecule has 1 fully saturated rings. The standard InChI is InChI=1S/C17H14Cl2F2N2O3S/c18-13-2-1-3-14(19)16(13)27(25,26)23-8-6-22(7-9-23)17(24)12-5-4-11(20)10-15(12)21/h1-5,10H,6-9H2. The summed E-state index contributed by atoms with van der Waals surface area (Å²) in [6.45, 7) is 0.102. The lowest BCUT2D eigenvalue weighted by Gasteiger charge is -2.34. The van der Waals surface area contributed by atoms with E-state index in [1.165, 1.54) is 27.4 Å². The number of hydrogen-bond acceptors (Lipinski definition) is 3. The first-order chi connectivity index (χ1) is 12.7. The fraction of sp³-hybridized carbons (Fsp3) is 0.235. The number of piperazine rings is 1. The number of rotatable bonds is 3. The first kappa shape index (κ1) is 20.0. The van der Waals surface area contributed by atoms with E-state index in [-0.39, 0.29) is 46.7 Å². The number of benzene rings is 2. The van der Waals surface area contributed by atoms with Gasteiger partial charge in [-0.2, -0.15) is 4.31 Å². The lowest BCUT2D eigenvalue weighted by molar-refractivity contribution is 0.0693. The molecule has 1 amide bonds. The number of amides is 1. The third-order valence-electron chi connectivity index (χ3n) is 4.20. The molecule has 0 radical (unpaired) electrons. The van der Waals surface area contributed by atoms with Crippen LogP contribution in [-0.4, -0.2) is 49.7 Å². The average Bonchev–Trinajstić information content (AvgIpc) is 2.61. The van der Waals surface area contributed by atoms with Crippen molar-refractivity contribution in [3.63, 3.8) is 0 Å². The van der Waals surface area contributed by atoms with Crippen LogP contribution in [0.2, 0.25) is 10.0 Å². The summed E-state index contributed by atoms with van der Waals surface area (Å²) in [5, 5.41) is 0.0174. The average molecular weight is 435 g/mol. The number of carbonyl (C=O) groups is 1. The van der Waals surface area contributed by atoms with Crippen molar-refractivity contribution in [2.45, 2.75) is 4.90 Å². The Hall–Kier alpha value is -1.74. The van der Waals surface area contributed by atoms with Gasteiger partial charge in [0.25, 0.3) is 5.91 Å². The van der Waals surface area contributed by atoms with Gasteiger partial charge in [-0.15, -0.1) is 0 Å². The van der Waals surface area contributed by atoms with Gasteiger partial charge in [-0.25, -0.2) is 17.2 Å². The van der Waals surface area contributed by atoms with Crippen LogP contribution in [0.3, 0.4) is 0 Å². The van der Waals surface area contributed by atoms with Gasteiger partial charge in [0.2, 0.25) is 10.0 Å². The van der Waals surface area contributed by atoms with Gasteiger partial charge in [-0.3, -0.25) is 4.79 Å². The Labute approximate surface area is 165 Å². The van der Waals surface area contributed by atoms with E-state index in [0.717, 1.165) is 12.1 Å². The molecule has 0 N–H and O–H groups in total. The van der Waals surface area contributed by atoms with Crippen molar-refractivity contribution in [3.05, 3.63) is 63.6 Å². The van der Waals surface area contributed by atoms with Crippen LogP contribution in [0.15, 0.2) is 41.3 Å². The summed E-state index contributed by atoms with van der Waals surface area (Å²) in [4.78, 5) is 13.6. The van der Waals surface area contributed by atoms with Crippen LogP contribution < -0.4 is 0 Å². The Bertz CT molecular complexity index is 973. The Kier molecular flexibility index (Phi) is 5.71. The van der Waals surface area contributed by atoms with Crippen molar-refractivity contribution in [1.29, 1.82) is 0 Å². The van der Waals surface area contributed by atoms with Crippen LogP contribution in [-0.2, 0) is 10.0 Å². The zero-order valence-corrected chi connectivity index (χ0v) is 16.2. The number of nitrogens with zero attached hydrogens (tertiary/aromatic N) is 2. The fourth-order valence-electron chi connectivity index (χ4n) is 2.82. The predicted octanol–water partition coefficient (Wildman–Crippen LogP) is 3.42. The van der Waals surface area contributed by atoms with Crippen molar-refractivity contribution in [1.82, 2.24) is 9.21 Å². The maximum Gasteiger partial charge on any atom is 0.256 e. The number of sulfonamides is 1. The molecule has 10 heteroatoms. The van der Waals surface area contributed by atoms with E-state index in [1.54, 1.807) is 0 Å². The molecule has 0 saturated carbocycles. The van der Waals surface area contributed by atoms with Crippen LogP contribution in [0.5, 0.6) is 0 Å². The van der Waals surface area contributed by atoms with Crippen molar-refractivity contribution in [3.8, 4) is 0 Å². The molecule has 1 aliphatic heterocycles. The van der Waals surface area contributed by atoms with Crippen LogP contribution in [0.1, 0.15) is 10.4 Å². The first-order valence-electron chi connectivity index (χ1n) is 7.90. The minimum Gasteiger partial charge on any atom is -0.336 e. The van der Waals surface area contributed by atoms with Gasteiger partial charge < -0.3 is 4.90 Å². The summed E-state index contributed by atoms with van der Waals surface area (Å²) in [6, 6.07) is 7.09. The minimum absolute atomic E-state index is 0.00155. The fourth-order valence-corrected chi connectivity index (χ4v) is 5.34. The van der Waals surface area contributed by atoms with E-state index in [0.29, 0.717) is 6.07 Å². The van der Waals surface area contributed by atoms with Gasteiger partial charge in [0, 0.05) is 32.2 Å². The van der Waals surface area contributed by atoms with Gasteiger partial charge in [0.1, 0.15) is 16.5 Å². The maximum absolute atomic E-state index is 13.8. The third kappa shape index (κ3) is 3.94. The second-order valence-electron chi connectivity index (χ2n) is 5.87. The molecule has 1 aliphatic rings. The molecule has 144 valence electrons. The van der Waals surface area contributed by atoms with Gasteiger partial charge in [-0.05, 0) is 24.3 Å². The van der Waals surface area contributed by atoms with Crippen LogP contribution in [0, 0.1) is 11.6 Å². The van der Waals surface area contributed by atoms with Crippen molar-refractivity contribution < 1.29 is 22.0 Å². The summed E-state index contributed by atoms with van der Waals surface area (Å²) in [6.07, 6.45) is 0. The highest BCUT2D eigenvalue weighted by atomic mass is 35.5. The maximum atomic E-state index is 13.8. The lowest BCUT2D eigenvalue weighted by atomic mass is 10.1. The lowest BCUT2D eigenvalue weighted by Crippen LogP contribution is -2.50. The number of hydrogen-bond donors (Lipinski definition) is 0. The van der Waals surface area contributed by atoms with Crippen LogP contribution in [0.4, 0.5) is 8.78 Å². The van der Waals surface area contributed by atoms with Crippen LogP contribution >= 0.6 is 23.2 Å². The minimum atomic E-state index is -3.94. The summed E-state index contributed by atoms with van der Waals surface area (Å²) in [5.41, 5.74) is -0.262. The molecule has 1 heterocycles. The van der Waals surface area contributed by atoms with E-state index in [1.807, 2.05) is 0 Å². The highest BCUT2D eigenvalue weighted by Crippen LogP contribution is 2.32. The molecule has 0 aromatic heterocycles. The quantitative estimate of drug-likeness (QED) is 0.743. The number of carbonyl (C=O) groups excluding carboxylic acids is 1. The Morgan fingerprint density at radius 1 is 0.963 bits per heavy atom. The molecule has 0 aliphatic carbocycles. The SMILES string of the molecule is O=C(c1ccc(F)cc1F)N1CCN(S(=O)(=O)c2c(Cl)cccc2Cl)CC1. The molecule has 2 aromatic carbocycles. The largest absolute Gasteiger partial charge is 0.336 e. The topological polar surface area (TPSA) is 57.7 Å². The summed E-state index contributed by atoms with van der Waals surface area (Å²) in [5.74, 6) is -2.37. The van der Waals surface area contributed by atoms with Gasteiger partial charge >= 0.3 is 0 Å². The number of halogens is 4. The normalized spacial score (nSPS) is 15.8. The van der Waals surface area contributed by atoms with Crippen molar-refractivity contribution in [2.75, 3.05) is 26.2 Å². The molecule has 0 bridgehead atoms. The smallest absolute Gasteiger partial charge is 0.256 e. The first-order valence-corrected chi connectivity index (χ1v) is 10.1. The second kappa shape index (κ2) is 7.71. The zero-order valence-electron chi connectivity index (χ0n) is 13.8. The molecule has 5 nitrogen and oxygen atoms in total. The Morgan fingerprint density at radius 2 is 1.56 bits per heavy atom. The Morgan fingerprint density at radius 3 is 2.11 bits per heavy atom. The summed E-state index contributed by atoms with van der Waals surface area (Å²) >= 11 is 12.0. The molecule has 1 saturated heterocycles. The van der Waals surface area contributed by atoms with Gasteiger partial charge in [0.05, 0.1) is 15.6 Å². The molecule has 0 spiro atoms. The molecular formula is C17H14Cl2F2N2O3S. The highest BCUT2D eigenvalue weighted by Gasteiger charge is 2.33.